The lowest BCUT2D eigenvalue weighted by Gasteiger charge is -2.07. The van der Waals surface area contributed by atoms with Gasteiger partial charge in [0.25, 0.3) is 0 Å². The van der Waals surface area contributed by atoms with Crippen molar-refractivity contribution in [3.63, 3.8) is 0 Å². The Kier molecular flexibility index (Phi) is 4.75. The molecular formula is C9H15N3O3S. The fourth-order valence-corrected chi connectivity index (χ4v) is 2.11. The summed E-state index contributed by atoms with van der Waals surface area (Å²) in [6, 6.07) is 0.0197. The van der Waals surface area contributed by atoms with Gasteiger partial charge in [0.2, 0.25) is 0 Å². The Morgan fingerprint density at radius 1 is 1.62 bits per heavy atom. The van der Waals surface area contributed by atoms with Crippen molar-refractivity contribution in [3.8, 4) is 0 Å². The number of thioether (sulfide) groups is 1. The zero-order chi connectivity index (χ0) is 12.1. The van der Waals surface area contributed by atoms with Crippen LogP contribution in [0.5, 0.6) is 0 Å². The topological polar surface area (TPSA) is 77.0 Å². The van der Waals surface area contributed by atoms with Crippen LogP contribution >= 0.6 is 11.8 Å². The molecule has 0 saturated heterocycles. The molecule has 0 bridgehead atoms. The number of carbonyl (C=O) groups excluding carboxylic acids is 1. The monoisotopic (exact) mass is 245 g/mol. The van der Waals surface area contributed by atoms with Crippen molar-refractivity contribution in [1.29, 1.82) is 0 Å². The zero-order valence-corrected chi connectivity index (χ0v) is 10.3. The molecule has 6 nitrogen and oxygen atoms in total. The van der Waals surface area contributed by atoms with Gasteiger partial charge in [-0.1, -0.05) is 11.8 Å². The number of H-pyrrole nitrogens is 1. The van der Waals surface area contributed by atoms with Crippen LogP contribution in [0.4, 0.5) is 0 Å². The second-order valence-electron chi connectivity index (χ2n) is 3.54. The highest BCUT2D eigenvalue weighted by Gasteiger charge is 2.13. The molecule has 1 aromatic rings. The fourth-order valence-electron chi connectivity index (χ4n) is 1.20. The van der Waals surface area contributed by atoms with Crippen LogP contribution < -0.4 is 5.69 Å². The van der Waals surface area contributed by atoms with Gasteiger partial charge in [-0.05, 0) is 13.8 Å². The maximum Gasteiger partial charge on any atom is 0.344 e. The summed E-state index contributed by atoms with van der Waals surface area (Å²) in [5, 5.41) is 6.76. The molecule has 1 aromatic heterocycles. The lowest BCUT2D eigenvalue weighted by atomic mass is 10.4. The molecule has 1 rings (SSSR count). The van der Waals surface area contributed by atoms with Crippen LogP contribution in [0.15, 0.2) is 9.95 Å². The summed E-state index contributed by atoms with van der Waals surface area (Å²) in [5.41, 5.74) is -0.253. The van der Waals surface area contributed by atoms with Gasteiger partial charge in [0.1, 0.15) is 6.61 Å². The molecule has 0 atom stereocenters. The molecule has 0 unspecified atom stereocenters. The summed E-state index contributed by atoms with van der Waals surface area (Å²) in [7, 11) is 1.47. The predicted octanol–water partition coefficient (Wildman–Crippen LogP) is 0.460. The van der Waals surface area contributed by atoms with Crippen molar-refractivity contribution in [1.82, 2.24) is 14.8 Å². The average Bonchev–Trinajstić information content (AvgIpc) is 2.57. The second kappa shape index (κ2) is 5.86. The van der Waals surface area contributed by atoms with Crippen LogP contribution in [0.2, 0.25) is 0 Å². The van der Waals surface area contributed by atoms with E-state index in [1.807, 2.05) is 13.8 Å². The third kappa shape index (κ3) is 3.21. The third-order valence-electron chi connectivity index (χ3n) is 1.86. The minimum atomic E-state index is -0.253. The van der Waals surface area contributed by atoms with Crippen molar-refractivity contribution >= 4 is 17.5 Å². The molecule has 0 aliphatic carbocycles. The van der Waals surface area contributed by atoms with Gasteiger partial charge in [0, 0.05) is 13.2 Å². The van der Waals surface area contributed by atoms with Crippen molar-refractivity contribution in [2.75, 3.05) is 19.5 Å². The van der Waals surface area contributed by atoms with E-state index in [-0.39, 0.29) is 29.9 Å². The highest BCUT2D eigenvalue weighted by Crippen LogP contribution is 2.16. The van der Waals surface area contributed by atoms with Crippen LogP contribution in [-0.4, -0.2) is 40.0 Å². The van der Waals surface area contributed by atoms with E-state index in [1.54, 1.807) is 0 Å². The van der Waals surface area contributed by atoms with Crippen LogP contribution in [0.25, 0.3) is 0 Å². The molecular weight excluding hydrogens is 230 g/mol. The van der Waals surface area contributed by atoms with Gasteiger partial charge in [0.05, 0.1) is 5.75 Å². The summed E-state index contributed by atoms with van der Waals surface area (Å²) >= 11 is 1.24. The Balaban J connectivity index is 2.67. The van der Waals surface area contributed by atoms with E-state index < -0.39 is 0 Å². The number of methoxy groups -OCH3 is 1. The van der Waals surface area contributed by atoms with Crippen LogP contribution in [0.3, 0.4) is 0 Å². The quantitative estimate of drug-likeness (QED) is 0.737. The molecule has 0 aliphatic heterocycles. The van der Waals surface area contributed by atoms with E-state index in [0.29, 0.717) is 5.16 Å². The normalized spacial score (nSPS) is 11.0. The standard InChI is InChI=1S/C9H15N3O3S/c1-6(2)12-8(14)10-11-9(12)16-5-7(13)4-15-3/h6H,4-5H2,1-3H3,(H,10,14). The fraction of sp³-hybridized carbons (Fsp3) is 0.667. The summed E-state index contributed by atoms with van der Waals surface area (Å²) in [5.74, 6) is 0.225. The predicted molar refractivity (Wildman–Crippen MR) is 60.8 cm³/mol. The number of nitrogens with one attached hydrogen (secondary N) is 1. The van der Waals surface area contributed by atoms with Crippen molar-refractivity contribution in [2.45, 2.75) is 25.0 Å². The largest absolute Gasteiger partial charge is 0.377 e. The highest BCUT2D eigenvalue weighted by atomic mass is 32.2. The summed E-state index contributed by atoms with van der Waals surface area (Å²) in [6.07, 6.45) is 0. The first-order chi connectivity index (χ1) is 7.56. The summed E-state index contributed by atoms with van der Waals surface area (Å²) in [6.45, 7) is 3.86. The number of nitrogens with zero attached hydrogens (tertiary/aromatic N) is 2. The number of rotatable bonds is 6. The van der Waals surface area contributed by atoms with E-state index >= 15 is 0 Å². The smallest absolute Gasteiger partial charge is 0.344 e. The Labute approximate surface area is 97.4 Å². The van der Waals surface area contributed by atoms with Crippen molar-refractivity contribution < 1.29 is 9.53 Å². The van der Waals surface area contributed by atoms with Crippen LogP contribution in [0, 0.1) is 0 Å². The third-order valence-corrected chi connectivity index (χ3v) is 2.87. The number of aromatic amines is 1. The van der Waals surface area contributed by atoms with Gasteiger partial charge in [0.15, 0.2) is 10.9 Å². The van der Waals surface area contributed by atoms with Gasteiger partial charge in [-0.2, -0.15) is 0 Å². The second-order valence-corrected chi connectivity index (χ2v) is 4.48. The van der Waals surface area contributed by atoms with Crippen molar-refractivity contribution in [3.05, 3.63) is 10.5 Å². The first-order valence-electron chi connectivity index (χ1n) is 4.86. The number of hydrogen-bond acceptors (Lipinski definition) is 5. The Morgan fingerprint density at radius 2 is 2.31 bits per heavy atom. The molecule has 0 aliphatic rings. The highest BCUT2D eigenvalue weighted by molar-refractivity contribution is 7.99. The minimum absolute atomic E-state index is 0.0197. The average molecular weight is 245 g/mol. The Morgan fingerprint density at radius 3 is 2.88 bits per heavy atom. The van der Waals surface area contributed by atoms with Crippen LogP contribution in [0.1, 0.15) is 19.9 Å². The van der Waals surface area contributed by atoms with Gasteiger partial charge < -0.3 is 4.74 Å². The van der Waals surface area contributed by atoms with Crippen LogP contribution in [-0.2, 0) is 9.53 Å². The van der Waals surface area contributed by atoms with E-state index in [2.05, 4.69) is 10.2 Å². The molecule has 0 fully saturated rings. The van der Waals surface area contributed by atoms with E-state index in [9.17, 15) is 9.59 Å². The maximum absolute atomic E-state index is 11.4. The Hall–Kier alpha value is -1.08. The van der Waals surface area contributed by atoms with Gasteiger partial charge in [-0.3, -0.25) is 9.36 Å². The molecule has 7 heteroatoms. The van der Waals surface area contributed by atoms with E-state index in [4.69, 9.17) is 4.74 Å². The lowest BCUT2D eigenvalue weighted by Crippen LogP contribution is -2.20. The SMILES string of the molecule is COCC(=O)CSc1n[nH]c(=O)n1C(C)C. The van der Waals surface area contributed by atoms with Crippen molar-refractivity contribution in [2.24, 2.45) is 0 Å². The number of carbonyl (C=O) groups is 1. The first kappa shape index (κ1) is 13.0. The van der Waals surface area contributed by atoms with Gasteiger partial charge >= 0.3 is 5.69 Å². The number of ketones is 1. The molecule has 90 valence electrons. The van der Waals surface area contributed by atoms with Gasteiger partial charge in [-0.25, -0.2) is 9.89 Å². The molecule has 0 saturated carbocycles. The molecule has 0 aromatic carbocycles. The lowest BCUT2D eigenvalue weighted by molar-refractivity contribution is -0.120. The molecule has 0 amide bonds. The number of hydrogen-bond donors (Lipinski definition) is 1. The molecule has 0 spiro atoms. The molecule has 0 radical (unpaired) electrons. The molecule has 16 heavy (non-hydrogen) atoms. The Bertz CT molecular complexity index is 410. The number of Topliss-reactive ketones (excluding diaryl/α,β-unsaturated/α-hetero) is 1. The van der Waals surface area contributed by atoms with Gasteiger partial charge in [-0.15, -0.1) is 5.10 Å². The summed E-state index contributed by atoms with van der Waals surface area (Å²) < 4.78 is 6.23. The minimum Gasteiger partial charge on any atom is -0.377 e. The molecule has 1 heterocycles. The summed E-state index contributed by atoms with van der Waals surface area (Å²) in [4.78, 5) is 22.6. The first-order valence-corrected chi connectivity index (χ1v) is 5.85. The molecule has 1 N–H and O–H groups in total. The van der Waals surface area contributed by atoms with E-state index in [1.165, 1.54) is 23.4 Å². The maximum atomic E-state index is 11.4. The zero-order valence-electron chi connectivity index (χ0n) is 9.52. The number of aromatic nitrogens is 3. The number of ether oxygens (including phenoxy) is 1. The van der Waals surface area contributed by atoms with E-state index in [0.717, 1.165) is 0 Å².